The number of carbonyl (C=O) groups excluding carboxylic acids is 1. The standard InChI is InChI=1S/C14H20N2O3/c1-10(8-14(15)17)16-7-6-11-4-5-12(18-2)13(9-11)19-3/h4-5,8-9,16H,6-7H2,1-3H3,(H2,15,17)/b10-8-. The molecule has 5 nitrogen and oxygen atoms in total. The van der Waals surface area contributed by atoms with Crippen molar-refractivity contribution in [2.45, 2.75) is 13.3 Å². The fourth-order valence-electron chi connectivity index (χ4n) is 1.70. The van der Waals surface area contributed by atoms with E-state index in [1.807, 2.05) is 18.2 Å². The number of allylic oxidation sites excluding steroid dienone is 1. The summed E-state index contributed by atoms with van der Waals surface area (Å²) in [6.07, 6.45) is 2.18. The zero-order chi connectivity index (χ0) is 14.3. The first-order valence-corrected chi connectivity index (χ1v) is 5.99. The van der Waals surface area contributed by atoms with E-state index in [9.17, 15) is 4.79 Å². The summed E-state index contributed by atoms with van der Waals surface area (Å²) in [4.78, 5) is 10.7. The minimum absolute atomic E-state index is 0.448. The van der Waals surface area contributed by atoms with E-state index in [-0.39, 0.29) is 0 Å². The van der Waals surface area contributed by atoms with Crippen LogP contribution in [0.5, 0.6) is 11.5 Å². The van der Waals surface area contributed by atoms with E-state index in [0.29, 0.717) is 18.0 Å². The van der Waals surface area contributed by atoms with E-state index in [0.717, 1.165) is 17.7 Å². The summed E-state index contributed by atoms with van der Waals surface area (Å²) >= 11 is 0. The second-order valence-corrected chi connectivity index (χ2v) is 4.10. The molecule has 0 unspecified atom stereocenters. The smallest absolute Gasteiger partial charge is 0.243 e. The molecular weight excluding hydrogens is 244 g/mol. The molecule has 5 heteroatoms. The Balaban J connectivity index is 2.56. The van der Waals surface area contributed by atoms with Crippen molar-refractivity contribution in [2.24, 2.45) is 5.73 Å². The van der Waals surface area contributed by atoms with Gasteiger partial charge in [0.1, 0.15) is 0 Å². The number of rotatable bonds is 7. The lowest BCUT2D eigenvalue weighted by molar-refractivity contribution is -0.113. The van der Waals surface area contributed by atoms with Gasteiger partial charge in [-0.15, -0.1) is 0 Å². The number of methoxy groups -OCH3 is 2. The molecule has 0 aliphatic heterocycles. The number of amides is 1. The predicted octanol–water partition coefficient (Wildman–Crippen LogP) is 1.23. The first-order chi connectivity index (χ1) is 9.06. The first-order valence-electron chi connectivity index (χ1n) is 5.99. The van der Waals surface area contributed by atoms with Crippen molar-refractivity contribution in [3.8, 4) is 11.5 Å². The van der Waals surface area contributed by atoms with Crippen LogP contribution >= 0.6 is 0 Å². The molecule has 1 aromatic rings. The minimum Gasteiger partial charge on any atom is -0.493 e. The average molecular weight is 264 g/mol. The molecule has 104 valence electrons. The molecule has 0 spiro atoms. The molecule has 1 rings (SSSR count). The van der Waals surface area contributed by atoms with Gasteiger partial charge in [-0.3, -0.25) is 4.79 Å². The summed E-state index contributed by atoms with van der Waals surface area (Å²) in [6, 6.07) is 5.80. The Hall–Kier alpha value is -2.17. The van der Waals surface area contributed by atoms with Gasteiger partial charge in [0.05, 0.1) is 14.2 Å². The lowest BCUT2D eigenvalue weighted by Crippen LogP contribution is -2.17. The molecule has 0 atom stereocenters. The maximum atomic E-state index is 10.7. The normalized spacial score (nSPS) is 11.0. The average Bonchev–Trinajstić information content (AvgIpc) is 2.37. The van der Waals surface area contributed by atoms with Crippen LogP contribution in [0.2, 0.25) is 0 Å². The van der Waals surface area contributed by atoms with E-state index < -0.39 is 5.91 Å². The molecule has 0 radical (unpaired) electrons. The van der Waals surface area contributed by atoms with Crippen molar-refractivity contribution < 1.29 is 14.3 Å². The number of hydrogen-bond acceptors (Lipinski definition) is 4. The van der Waals surface area contributed by atoms with Gasteiger partial charge in [-0.2, -0.15) is 0 Å². The Morgan fingerprint density at radius 3 is 2.58 bits per heavy atom. The van der Waals surface area contributed by atoms with E-state index in [2.05, 4.69) is 5.32 Å². The molecule has 1 amide bonds. The highest BCUT2D eigenvalue weighted by Gasteiger charge is 2.04. The fourth-order valence-corrected chi connectivity index (χ4v) is 1.70. The molecule has 0 heterocycles. The number of nitrogens with two attached hydrogens (primary N) is 1. The van der Waals surface area contributed by atoms with Crippen LogP contribution in [0.15, 0.2) is 30.0 Å². The Bertz CT molecular complexity index is 470. The van der Waals surface area contributed by atoms with Gasteiger partial charge < -0.3 is 20.5 Å². The van der Waals surface area contributed by atoms with Gasteiger partial charge in [-0.1, -0.05) is 6.07 Å². The third-order valence-electron chi connectivity index (χ3n) is 2.62. The van der Waals surface area contributed by atoms with Gasteiger partial charge >= 0.3 is 0 Å². The first kappa shape index (κ1) is 14.9. The molecule has 0 fully saturated rings. The van der Waals surface area contributed by atoms with E-state index in [1.54, 1.807) is 21.1 Å². The molecule has 19 heavy (non-hydrogen) atoms. The Morgan fingerprint density at radius 2 is 2.00 bits per heavy atom. The molecule has 0 aromatic heterocycles. The highest BCUT2D eigenvalue weighted by atomic mass is 16.5. The maximum Gasteiger partial charge on any atom is 0.243 e. The van der Waals surface area contributed by atoms with Crippen LogP contribution in [0.25, 0.3) is 0 Å². The lowest BCUT2D eigenvalue weighted by atomic mass is 10.1. The predicted molar refractivity (Wildman–Crippen MR) is 74.2 cm³/mol. The van der Waals surface area contributed by atoms with E-state index in [1.165, 1.54) is 6.08 Å². The molecule has 0 aliphatic carbocycles. The molecule has 0 saturated heterocycles. The zero-order valence-corrected chi connectivity index (χ0v) is 11.5. The van der Waals surface area contributed by atoms with Gasteiger partial charge in [0, 0.05) is 18.3 Å². The van der Waals surface area contributed by atoms with Crippen LogP contribution < -0.4 is 20.5 Å². The lowest BCUT2D eigenvalue weighted by Gasteiger charge is -2.10. The van der Waals surface area contributed by atoms with E-state index >= 15 is 0 Å². The van der Waals surface area contributed by atoms with Crippen LogP contribution in [0.4, 0.5) is 0 Å². The second kappa shape index (κ2) is 7.31. The van der Waals surface area contributed by atoms with Gasteiger partial charge in [-0.05, 0) is 31.0 Å². The summed E-state index contributed by atoms with van der Waals surface area (Å²) in [5.41, 5.74) is 6.94. The molecule has 0 saturated carbocycles. The Kier molecular flexibility index (Phi) is 5.73. The molecule has 3 N–H and O–H groups in total. The highest BCUT2D eigenvalue weighted by Crippen LogP contribution is 2.27. The van der Waals surface area contributed by atoms with Crippen molar-refractivity contribution >= 4 is 5.91 Å². The summed E-state index contributed by atoms with van der Waals surface area (Å²) in [5.74, 6) is 0.976. The number of nitrogens with one attached hydrogen (secondary N) is 1. The fraction of sp³-hybridized carbons (Fsp3) is 0.357. The van der Waals surface area contributed by atoms with Gasteiger partial charge in [0.15, 0.2) is 11.5 Å². The highest BCUT2D eigenvalue weighted by molar-refractivity contribution is 5.86. The zero-order valence-electron chi connectivity index (χ0n) is 11.5. The maximum absolute atomic E-state index is 10.7. The van der Waals surface area contributed by atoms with Crippen LogP contribution in [-0.4, -0.2) is 26.7 Å². The van der Waals surface area contributed by atoms with Gasteiger partial charge in [-0.25, -0.2) is 0 Å². The molecule has 0 aliphatic rings. The third-order valence-corrected chi connectivity index (χ3v) is 2.62. The summed E-state index contributed by atoms with van der Waals surface area (Å²) < 4.78 is 10.4. The number of hydrogen-bond donors (Lipinski definition) is 2. The summed E-state index contributed by atoms with van der Waals surface area (Å²) in [5, 5.41) is 3.12. The van der Waals surface area contributed by atoms with Crippen molar-refractivity contribution in [3.05, 3.63) is 35.5 Å². The van der Waals surface area contributed by atoms with Gasteiger partial charge in [0.25, 0.3) is 0 Å². The molecule has 0 bridgehead atoms. The quantitative estimate of drug-likeness (QED) is 0.726. The number of benzene rings is 1. The van der Waals surface area contributed by atoms with Crippen molar-refractivity contribution in [3.63, 3.8) is 0 Å². The van der Waals surface area contributed by atoms with Crippen LogP contribution in [0.3, 0.4) is 0 Å². The topological polar surface area (TPSA) is 73.6 Å². The van der Waals surface area contributed by atoms with Crippen molar-refractivity contribution in [2.75, 3.05) is 20.8 Å². The summed E-state index contributed by atoms with van der Waals surface area (Å²) in [6.45, 7) is 2.52. The van der Waals surface area contributed by atoms with Crippen molar-refractivity contribution in [1.29, 1.82) is 0 Å². The van der Waals surface area contributed by atoms with E-state index in [4.69, 9.17) is 15.2 Å². The molecular formula is C14H20N2O3. The number of carbonyl (C=O) groups is 1. The largest absolute Gasteiger partial charge is 0.493 e. The van der Waals surface area contributed by atoms with Gasteiger partial charge in [0.2, 0.25) is 5.91 Å². The minimum atomic E-state index is -0.448. The van der Waals surface area contributed by atoms with Crippen LogP contribution in [-0.2, 0) is 11.2 Å². The van der Waals surface area contributed by atoms with Crippen molar-refractivity contribution in [1.82, 2.24) is 5.32 Å². The second-order valence-electron chi connectivity index (χ2n) is 4.10. The number of ether oxygens (including phenoxy) is 2. The monoisotopic (exact) mass is 264 g/mol. The van der Waals surface area contributed by atoms with Crippen LogP contribution in [0.1, 0.15) is 12.5 Å². The van der Waals surface area contributed by atoms with Crippen LogP contribution in [0, 0.1) is 0 Å². The summed E-state index contributed by atoms with van der Waals surface area (Å²) in [7, 11) is 3.22. The Morgan fingerprint density at radius 1 is 1.32 bits per heavy atom. The Labute approximate surface area is 113 Å². The third kappa shape index (κ3) is 4.91. The number of primary amides is 1. The SMILES string of the molecule is COc1ccc(CCN/C(C)=C\C(N)=O)cc1OC. The molecule has 1 aromatic carbocycles.